The van der Waals surface area contributed by atoms with Crippen molar-refractivity contribution in [3.8, 4) is 11.5 Å². The van der Waals surface area contributed by atoms with E-state index in [1.54, 1.807) is 18.2 Å². The lowest BCUT2D eigenvalue weighted by Gasteiger charge is -2.30. The zero-order chi connectivity index (χ0) is 16.8. The number of piperidine rings is 1. The fraction of sp³-hybridized carbons (Fsp3) is 0.500. The molecular formula is C16H22N2O5. The van der Waals surface area contributed by atoms with Crippen LogP contribution in [0.2, 0.25) is 0 Å². The third-order valence-corrected chi connectivity index (χ3v) is 3.97. The number of carboxylic acids is 1. The number of carbonyl (C=O) groups is 2. The largest absolute Gasteiger partial charge is 0.496 e. The van der Waals surface area contributed by atoms with Crippen LogP contribution in [0.1, 0.15) is 23.2 Å². The zero-order valence-electron chi connectivity index (χ0n) is 13.4. The Morgan fingerprint density at radius 1 is 1.30 bits per heavy atom. The van der Waals surface area contributed by atoms with Crippen molar-refractivity contribution in [1.82, 2.24) is 10.2 Å². The molecule has 0 aromatic heterocycles. The third-order valence-electron chi connectivity index (χ3n) is 3.97. The second kappa shape index (κ2) is 7.82. The second-order valence-corrected chi connectivity index (χ2v) is 5.46. The molecule has 7 heteroatoms. The number of amides is 1. The van der Waals surface area contributed by atoms with Gasteiger partial charge in [0.1, 0.15) is 17.1 Å². The van der Waals surface area contributed by atoms with E-state index in [0.717, 1.165) is 13.0 Å². The van der Waals surface area contributed by atoms with Crippen LogP contribution in [-0.4, -0.2) is 55.9 Å². The monoisotopic (exact) mass is 322 g/mol. The molecule has 2 N–H and O–H groups in total. The molecule has 1 aromatic rings. The highest BCUT2D eigenvalue weighted by molar-refractivity contribution is 5.99. The maximum Gasteiger partial charge on any atom is 0.307 e. The quantitative estimate of drug-likeness (QED) is 0.818. The molecule has 0 bridgehead atoms. The van der Waals surface area contributed by atoms with Crippen LogP contribution in [0.3, 0.4) is 0 Å². The number of benzene rings is 1. The Bertz CT molecular complexity index is 553. The van der Waals surface area contributed by atoms with Crippen LogP contribution < -0.4 is 14.8 Å². The van der Waals surface area contributed by atoms with Crippen LogP contribution in [0, 0.1) is 5.92 Å². The highest BCUT2D eigenvalue weighted by atomic mass is 16.5. The van der Waals surface area contributed by atoms with Crippen molar-refractivity contribution < 1.29 is 24.2 Å². The summed E-state index contributed by atoms with van der Waals surface area (Å²) in [6.07, 6.45) is 1.49. The summed E-state index contributed by atoms with van der Waals surface area (Å²) in [7, 11) is 2.99. The number of carboxylic acid groups (broad SMARTS) is 1. The first-order valence-electron chi connectivity index (χ1n) is 7.51. The molecule has 7 nitrogen and oxygen atoms in total. The van der Waals surface area contributed by atoms with Crippen molar-refractivity contribution in [3.05, 3.63) is 23.8 Å². The summed E-state index contributed by atoms with van der Waals surface area (Å²) < 4.78 is 10.4. The average molecular weight is 322 g/mol. The van der Waals surface area contributed by atoms with E-state index in [0.29, 0.717) is 36.7 Å². The molecule has 0 spiro atoms. The van der Waals surface area contributed by atoms with Gasteiger partial charge in [0.25, 0.3) is 5.91 Å². The number of carbonyl (C=O) groups excluding carboxylic acids is 1. The van der Waals surface area contributed by atoms with Crippen molar-refractivity contribution in [2.24, 2.45) is 5.92 Å². The highest BCUT2D eigenvalue weighted by Gasteiger charge is 2.26. The zero-order valence-corrected chi connectivity index (χ0v) is 13.4. The summed E-state index contributed by atoms with van der Waals surface area (Å²) in [6, 6.07) is 5.13. The summed E-state index contributed by atoms with van der Waals surface area (Å²) in [5.74, 6) is -0.599. The van der Waals surface area contributed by atoms with Gasteiger partial charge in [-0.1, -0.05) is 6.07 Å². The first-order valence-corrected chi connectivity index (χ1v) is 7.51. The van der Waals surface area contributed by atoms with E-state index in [1.165, 1.54) is 14.2 Å². The van der Waals surface area contributed by atoms with Gasteiger partial charge in [0.15, 0.2) is 0 Å². The molecule has 1 aromatic carbocycles. The summed E-state index contributed by atoms with van der Waals surface area (Å²) >= 11 is 0. The predicted octanol–water partition coefficient (Wildman–Crippen LogP) is 1.19. The summed E-state index contributed by atoms with van der Waals surface area (Å²) in [5, 5.41) is 11.9. The minimum atomic E-state index is -0.785. The number of nitrogens with one attached hydrogen (secondary N) is 1. The van der Waals surface area contributed by atoms with Crippen LogP contribution in [0.4, 0.5) is 0 Å². The number of hydrogen-bond acceptors (Lipinski definition) is 5. The van der Waals surface area contributed by atoms with Crippen LogP contribution in [-0.2, 0) is 4.79 Å². The number of likely N-dealkylation sites (tertiary alicyclic amines) is 1. The molecule has 1 atom stereocenters. The molecule has 126 valence electrons. The molecule has 0 saturated carbocycles. The van der Waals surface area contributed by atoms with Crippen LogP contribution in [0.5, 0.6) is 11.5 Å². The van der Waals surface area contributed by atoms with E-state index in [2.05, 4.69) is 5.32 Å². The SMILES string of the molecule is COc1cccc(OC)c1C(=O)NCN1CCCC(C(=O)O)C1. The average Bonchev–Trinajstić information content (AvgIpc) is 2.59. The van der Waals surface area contributed by atoms with Crippen LogP contribution in [0.15, 0.2) is 18.2 Å². The van der Waals surface area contributed by atoms with Gasteiger partial charge in [-0.15, -0.1) is 0 Å². The maximum atomic E-state index is 12.4. The van der Waals surface area contributed by atoms with Gasteiger partial charge in [-0.05, 0) is 31.5 Å². The number of nitrogens with zero attached hydrogens (tertiary/aromatic N) is 1. The third kappa shape index (κ3) is 4.13. The highest BCUT2D eigenvalue weighted by Crippen LogP contribution is 2.28. The molecule has 2 rings (SSSR count). The lowest BCUT2D eigenvalue weighted by molar-refractivity contribution is -0.143. The van der Waals surface area contributed by atoms with Gasteiger partial charge in [0.2, 0.25) is 0 Å². The summed E-state index contributed by atoms with van der Waals surface area (Å²) in [6.45, 7) is 1.51. The fourth-order valence-electron chi connectivity index (χ4n) is 2.75. The minimum absolute atomic E-state index is 0.295. The van der Waals surface area contributed by atoms with E-state index in [9.17, 15) is 9.59 Å². The minimum Gasteiger partial charge on any atom is -0.496 e. The van der Waals surface area contributed by atoms with Crippen molar-refractivity contribution in [1.29, 1.82) is 0 Å². The van der Waals surface area contributed by atoms with Crippen LogP contribution in [0.25, 0.3) is 0 Å². The number of hydrogen-bond donors (Lipinski definition) is 2. The Kier molecular flexibility index (Phi) is 5.81. The summed E-state index contributed by atoms with van der Waals surface area (Å²) in [4.78, 5) is 25.5. The molecule has 1 aliphatic heterocycles. The van der Waals surface area contributed by atoms with Gasteiger partial charge in [0.05, 0.1) is 26.8 Å². The number of rotatable bonds is 6. The van der Waals surface area contributed by atoms with Crippen molar-refractivity contribution in [3.63, 3.8) is 0 Å². The lowest BCUT2D eigenvalue weighted by Crippen LogP contribution is -2.44. The predicted molar refractivity (Wildman–Crippen MR) is 83.8 cm³/mol. The van der Waals surface area contributed by atoms with Crippen molar-refractivity contribution in [2.45, 2.75) is 12.8 Å². The Morgan fingerprint density at radius 2 is 1.96 bits per heavy atom. The topological polar surface area (TPSA) is 88.1 Å². The maximum absolute atomic E-state index is 12.4. The van der Waals surface area contributed by atoms with Crippen molar-refractivity contribution in [2.75, 3.05) is 34.0 Å². The molecule has 1 fully saturated rings. The molecular weight excluding hydrogens is 300 g/mol. The Morgan fingerprint density at radius 3 is 2.52 bits per heavy atom. The Hall–Kier alpha value is -2.28. The Balaban J connectivity index is 2.01. The molecule has 1 aliphatic rings. The van der Waals surface area contributed by atoms with Crippen LogP contribution >= 0.6 is 0 Å². The van der Waals surface area contributed by atoms with E-state index in [-0.39, 0.29) is 11.8 Å². The molecule has 0 radical (unpaired) electrons. The smallest absolute Gasteiger partial charge is 0.307 e. The van der Waals surface area contributed by atoms with Gasteiger partial charge in [-0.3, -0.25) is 14.5 Å². The lowest BCUT2D eigenvalue weighted by atomic mass is 9.99. The van der Waals surface area contributed by atoms with E-state index >= 15 is 0 Å². The second-order valence-electron chi connectivity index (χ2n) is 5.46. The normalized spacial score (nSPS) is 18.3. The molecule has 1 unspecified atom stereocenters. The fourth-order valence-corrected chi connectivity index (χ4v) is 2.75. The van der Waals surface area contributed by atoms with Gasteiger partial charge >= 0.3 is 5.97 Å². The van der Waals surface area contributed by atoms with Gasteiger partial charge in [-0.2, -0.15) is 0 Å². The van der Waals surface area contributed by atoms with E-state index in [1.807, 2.05) is 4.90 Å². The van der Waals surface area contributed by atoms with Crippen molar-refractivity contribution >= 4 is 11.9 Å². The molecule has 0 aliphatic carbocycles. The number of ether oxygens (including phenoxy) is 2. The van der Waals surface area contributed by atoms with Gasteiger partial charge < -0.3 is 19.9 Å². The summed E-state index contributed by atoms with van der Waals surface area (Å²) in [5.41, 5.74) is 0.337. The number of methoxy groups -OCH3 is 2. The molecule has 1 saturated heterocycles. The van der Waals surface area contributed by atoms with Gasteiger partial charge in [0, 0.05) is 6.54 Å². The van der Waals surface area contributed by atoms with Gasteiger partial charge in [-0.25, -0.2) is 0 Å². The number of aliphatic carboxylic acids is 1. The first-order chi connectivity index (χ1) is 11.1. The van der Waals surface area contributed by atoms with E-state index < -0.39 is 5.97 Å². The molecule has 23 heavy (non-hydrogen) atoms. The molecule has 1 amide bonds. The Labute approximate surface area is 135 Å². The van der Waals surface area contributed by atoms with E-state index in [4.69, 9.17) is 14.6 Å². The first kappa shape index (κ1) is 17.1. The molecule has 1 heterocycles. The standard InChI is InChI=1S/C16H22N2O5/c1-22-12-6-3-7-13(23-2)14(12)15(19)17-10-18-8-4-5-11(9-18)16(20)21/h3,6-7,11H,4-5,8-10H2,1-2H3,(H,17,19)(H,20,21).